The van der Waals surface area contributed by atoms with Gasteiger partial charge in [-0.05, 0) is 43.5 Å². The molecule has 0 N–H and O–H groups in total. The Balaban J connectivity index is 2.56. The highest BCUT2D eigenvalue weighted by molar-refractivity contribution is 6.63. The molecule has 5 heteroatoms. The summed E-state index contributed by atoms with van der Waals surface area (Å²) in [7, 11) is 0. The maximum absolute atomic E-state index is 12.0. The fraction of sp³-hybridized carbons (Fsp3) is 0.312. The second kappa shape index (κ2) is 6.22. The number of para-hydroxylation sites is 1. The van der Waals surface area contributed by atoms with Crippen molar-refractivity contribution in [3.05, 3.63) is 57.0 Å². The Labute approximate surface area is 128 Å². The van der Waals surface area contributed by atoms with Crippen LogP contribution >= 0.6 is 11.6 Å². The van der Waals surface area contributed by atoms with Gasteiger partial charge in [0, 0.05) is 24.6 Å². The first-order valence-corrected chi connectivity index (χ1v) is 7.12. The van der Waals surface area contributed by atoms with Gasteiger partial charge in [-0.1, -0.05) is 18.2 Å². The van der Waals surface area contributed by atoms with E-state index in [-0.39, 0.29) is 18.3 Å². The summed E-state index contributed by atoms with van der Waals surface area (Å²) < 4.78 is 1.76. The first-order valence-electron chi connectivity index (χ1n) is 6.75. The van der Waals surface area contributed by atoms with Gasteiger partial charge in [0.1, 0.15) is 5.69 Å². The normalized spacial score (nSPS) is 10.7. The van der Waals surface area contributed by atoms with Crippen LogP contribution in [-0.4, -0.2) is 15.0 Å². The van der Waals surface area contributed by atoms with Crippen molar-refractivity contribution in [3.63, 3.8) is 0 Å². The molecular weight excluding hydrogens is 288 g/mol. The molecule has 0 aliphatic heterocycles. The molecule has 0 fully saturated rings. The van der Waals surface area contributed by atoms with Crippen molar-refractivity contribution >= 4 is 16.8 Å². The number of halogens is 1. The van der Waals surface area contributed by atoms with Gasteiger partial charge >= 0.3 is 0 Å². The Morgan fingerprint density at radius 1 is 1.24 bits per heavy atom. The number of hydrogen-bond donors (Lipinski definition) is 0. The van der Waals surface area contributed by atoms with Crippen LogP contribution in [0, 0.1) is 20.8 Å². The monoisotopic (exact) mass is 304 g/mol. The minimum Gasteiger partial charge on any atom is -0.288 e. The minimum atomic E-state index is -0.463. The molecule has 2 rings (SSSR count). The lowest BCUT2D eigenvalue weighted by Crippen LogP contribution is -2.20. The van der Waals surface area contributed by atoms with Gasteiger partial charge in [0.25, 0.3) is 0 Å². The third-order valence-electron chi connectivity index (χ3n) is 3.39. The number of hydrogen-bond acceptors (Lipinski definition) is 3. The average Bonchev–Trinajstić information content (AvgIpc) is 2.39. The second-order valence-electron chi connectivity index (χ2n) is 5.10. The average molecular weight is 305 g/mol. The molecule has 21 heavy (non-hydrogen) atoms. The van der Waals surface area contributed by atoms with Crippen molar-refractivity contribution in [2.45, 2.75) is 33.6 Å². The van der Waals surface area contributed by atoms with Gasteiger partial charge < -0.3 is 0 Å². The predicted molar refractivity (Wildman–Crippen MR) is 83.2 cm³/mol. The molecule has 0 saturated carbocycles. The summed E-state index contributed by atoms with van der Waals surface area (Å²) in [5.74, 6) is 0. The Bertz CT molecular complexity index is 730. The van der Waals surface area contributed by atoms with Crippen LogP contribution in [0.1, 0.15) is 28.9 Å². The van der Waals surface area contributed by atoms with Crippen molar-refractivity contribution < 1.29 is 4.79 Å². The van der Waals surface area contributed by atoms with Crippen molar-refractivity contribution in [3.8, 4) is 5.69 Å². The molecule has 0 spiro atoms. The molecule has 0 radical (unpaired) electrons. The molecule has 1 heterocycles. The minimum absolute atomic E-state index is 0.111. The standard InChI is InChI=1S/C16H17ClN2O2/c1-10-5-4-6-11(2)16(10)19-12(3)9-14(20)13(18-19)7-8-15(17)21/h4-6,9H,7-8H2,1-3H3. The molecule has 2 aromatic rings. The highest BCUT2D eigenvalue weighted by Crippen LogP contribution is 2.19. The molecular formula is C16H17ClN2O2. The smallest absolute Gasteiger partial charge is 0.222 e. The molecule has 1 aromatic carbocycles. The van der Waals surface area contributed by atoms with Crippen LogP contribution < -0.4 is 5.43 Å². The molecule has 0 bridgehead atoms. The summed E-state index contributed by atoms with van der Waals surface area (Å²) in [6, 6.07) is 7.54. The van der Waals surface area contributed by atoms with E-state index in [4.69, 9.17) is 11.6 Å². The number of aryl methyl sites for hydroxylation is 4. The van der Waals surface area contributed by atoms with Crippen molar-refractivity contribution in [1.82, 2.24) is 9.78 Å². The highest BCUT2D eigenvalue weighted by Gasteiger charge is 2.12. The van der Waals surface area contributed by atoms with Crippen LogP contribution in [0.25, 0.3) is 5.69 Å². The van der Waals surface area contributed by atoms with E-state index in [2.05, 4.69) is 5.10 Å². The van der Waals surface area contributed by atoms with Gasteiger partial charge in [-0.15, -0.1) is 0 Å². The predicted octanol–water partition coefficient (Wildman–Crippen LogP) is 2.86. The fourth-order valence-electron chi connectivity index (χ4n) is 2.34. The first kappa shape index (κ1) is 15.4. The summed E-state index contributed by atoms with van der Waals surface area (Å²) in [6.45, 7) is 5.85. The van der Waals surface area contributed by atoms with Crippen LogP contribution in [-0.2, 0) is 11.2 Å². The van der Waals surface area contributed by atoms with E-state index in [1.807, 2.05) is 39.0 Å². The zero-order valence-corrected chi connectivity index (χ0v) is 13.1. The second-order valence-corrected chi connectivity index (χ2v) is 5.53. The van der Waals surface area contributed by atoms with Gasteiger partial charge in [0.15, 0.2) is 0 Å². The topological polar surface area (TPSA) is 52.0 Å². The highest BCUT2D eigenvalue weighted by atomic mass is 35.5. The van der Waals surface area contributed by atoms with Gasteiger partial charge in [0.2, 0.25) is 10.7 Å². The quantitative estimate of drug-likeness (QED) is 0.816. The molecule has 0 amide bonds. The van der Waals surface area contributed by atoms with E-state index in [0.29, 0.717) is 5.69 Å². The lowest BCUT2D eigenvalue weighted by Gasteiger charge is -2.15. The summed E-state index contributed by atoms with van der Waals surface area (Å²) in [6.07, 6.45) is 0.367. The summed E-state index contributed by atoms with van der Waals surface area (Å²) >= 11 is 5.34. The molecule has 0 atom stereocenters. The largest absolute Gasteiger partial charge is 0.288 e. The number of aromatic nitrogens is 2. The Hall–Kier alpha value is -1.94. The van der Waals surface area contributed by atoms with E-state index >= 15 is 0 Å². The number of benzene rings is 1. The summed E-state index contributed by atoms with van der Waals surface area (Å²) in [5, 5.41) is 3.97. The number of carbonyl (C=O) groups excluding carboxylic acids is 1. The third-order valence-corrected chi connectivity index (χ3v) is 3.58. The molecule has 0 saturated heterocycles. The Morgan fingerprint density at radius 3 is 2.43 bits per heavy atom. The first-order chi connectivity index (χ1) is 9.90. The summed E-state index contributed by atoms with van der Waals surface area (Å²) in [5.41, 5.74) is 4.08. The van der Waals surface area contributed by atoms with Gasteiger partial charge in [-0.25, -0.2) is 4.68 Å². The van der Waals surface area contributed by atoms with Gasteiger partial charge in [-0.2, -0.15) is 5.10 Å². The van der Waals surface area contributed by atoms with Crippen LogP contribution in [0.3, 0.4) is 0 Å². The number of rotatable bonds is 4. The molecule has 0 aliphatic carbocycles. The zero-order valence-electron chi connectivity index (χ0n) is 12.3. The molecule has 0 unspecified atom stereocenters. The molecule has 0 aliphatic rings. The Kier molecular flexibility index (Phi) is 4.58. The molecule has 4 nitrogen and oxygen atoms in total. The lowest BCUT2D eigenvalue weighted by molar-refractivity contribution is -0.111. The summed E-state index contributed by atoms with van der Waals surface area (Å²) in [4.78, 5) is 22.9. The van der Waals surface area contributed by atoms with Crippen molar-refractivity contribution in [1.29, 1.82) is 0 Å². The maximum Gasteiger partial charge on any atom is 0.222 e. The van der Waals surface area contributed by atoms with E-state index in [9.17, 15) is 9.59 Å². The van der Waals surface area contributed by atoms with Crippen LogP contribution in [0.4, 0.5) is 0 Å². The van der Waals surface area contributed by atoms with Crippen molar-refractivity contribution in [2.75, 3.05) is 0 Å². The van der Waals surface area contributed by atoms with Crippen LogP contribution in [0.5, 0.6) is 0 Å². The molecule has 110 valence electrons. The van der Waals surface area contributed by atoms with Gasteiger partial charge in [0.05, 0.1) is 5.69 Å². The number of nitrogens with zero attached hydrogens (tertiary/aromatic N) is 2. The SMILES string of the molecule is Cc1cccc(C)c1-n1nc(CCC(=O)Cl)c(=O)cc1C. The maximum atomic E-state index is 12.0. The number of carbonyl (C=O) groups is 1. The van der Waals surface area contributed by atoms with Gasteiger partial charge in [-0.3, -0.25) is 9.59 Å². The third kappa shape index (κ3) is 3.39. The van der Waals surface area contributed by atoms with E-state index in [1.165, 1.54) is 0 Å². The van der Waals surface area contributed by atoms with E-state index in [1.54, 1.807) is 10.7 Å². The van der Waals surface area contributed by atoms with Crippen LogP contribution in [0.15, 0.2) is 29.1 Å². The van der Waals surface area contributed by atoms with Crippen LogP contribution in [0.2, 0.25) is 0 Å². The fourth-order valence-corrected chi connectivity index (χ4v) is 2.43. The van der Waals surface area contributed by atoms with Crippen molar-refractivity contribution in [2.24, 2.45) is 0 Å². The molecule has 1 aromatic heterocycles. The Morgan fingerprint density at radius 2 is 1.86 bits per heavy atom. The van der Waals surface area contributed by atoms with E-state index < -0.39 is 5.24 Å². The van der Waals surface area contributed by atoms with E-state index in [0.717, 1.165) is 22.5 Å². The zero-order chi connectivity index (χ0) is 15.6. The lowest BCUT2D eigenvalue weighted by atomic mass is 10.1.